The quantitative estimate of drug-likeness (QED) is 0.493. The summed E-state index contributed by atoms with van der Waals surface area (Å²) in [4.78, 5) is 35.2. The molecule has 1 spiro atoms. The minimum absolute atomic E-state index is 0.0120. The van der Waals surface area contributed by atoms with Gasteiger partial charge < -0.3 is 4.90 Å². The van der Waals surface area contributed by atoms with Crippen molar-refractivity contribution in [3.05, 3.63) is 66.5 Å². The van der Waals surface area contributed by atoms with E-state index in [1.807, 2.05) is 33.9 Å². The first-order valence-electron chi connectivity index (χ1n) is 13.8. The molecule has 7 heteroatoms. The van der Waals surface area contributed by atoms with Crippen LogP contribution in [0.3, 0.4) is 0 Å². The van der Waals surface area contributed by atoms with Crippen LogP contribution >= 0.6 is 0 Å². The third-order valence-corrected chi connectivity index (χ3v) is 8.84. The zero-order valence-corrected chi connectivity index (χ0v) is 22.0. The van der Waals surface area contributed by atoms with Crippen molar-refractivity contribution in [3.8, 4) is 22.3 Å². The minimum Gasteiger partial charge on any atom is -0.342 e. The fourth-order valence-corrected chi connectivity index (χ4v) is 6.07. The molecular weight excluding hydrogens is 474 g/mol. The molecule has 3 heterocycles. The van der Waals surface area contributed by atoms with Crippen molar-refractivity contribution in [1.29, 1.82) is 0 Å². The molecule has 2 aromatic carbocycles. The third kappa shape index (κ3) is 3.96. The summed E-state index contributed by atoms with van der Waals surface area (Å²) < 4.78 is 1.81. The SMILES string of the molecule is CC(C1CCN(C(=O)C2CC2)C1)N1C(=O)C2(CC2)N=C1c1ccc(-c2ccc(-c3cnn(C)c3)cc2)cc1. The van der Waals surface area contributed by atoms with Crippen LogP contribution in [-0.2, 0) is 16.6 Å². The Labute approximate surface area is 223 Å². The highest BCUT2D eigenvalue weighted by Crippen LogP contribution is 2.47. The van der Waals surface area contributed by atoms with Gasteiger partial charge >= 0.3 is 0 Å². The molecule has 1 saturated heterocycles. The van der Waals surface area contributed by atoms with Crippen LogP contribution in [-0.4, -0.2) is 61.9 Å². The van der Waals surface area contributed by atoms with Gasteiger partial charge in [-0.25, -0.2) is 0 Å². The highest BCUT2D eigenvalue weighted by Gasteiger charge is 2.59. The molecule has 2 amide bonds. The second kappa shape index (κ2) is 8.65. The monoisotopic (exact) mass is 507 g/mol. The lowest BCUT2D eigenvalue weighted by atomic mass is 9.97. The fourth-order valence-electron chi connectivity index (χ4n) is 6.07. The summed E-state index contributed by atoms with van der Waals surface area (Å²) in [5.41, 5.74) is 4.94. The van der Waals surface area contributed by atoms with Crippen molar-refractivity contribution in [1.82, 2.24) is 19.6 Å². The zero-order chi connectivity index (χ0) is 26.0. The molecule has 1 aromatic heterocycles. The largest absolute Gasteiger partial charge is 0.342 e. The van der Waals surface area contributed by atoms with Crippen LogP contribution in [0.15, 0.2) is 65.9 Å². The molecular formula is C31H33N5O2. The van der Waals surface area contributed by atoms with E-state index in [4.69, 9.17) is 4.99 Å². The standard InChI is InChI=1S/C31H33N5O2/c1-20(26-13-16-35(19-26)29(37)25-11-12-25)36-28(33-31(14-15-31)30(36)38)24-9-7-22(8-10-24)21-3-5-23(6-4-21)27-17-32-34(2)18-27/h3-10,17-18,20,25-26H,11-16,19H2,1-2H3. The Kier molecular flexibility index (Phi) is 5.32. The van der Waals surface area contributed by atoms with E-state index in [0.29, 0.717) is 5.91 Å². The highest BCUT2D eigenvalue weighted by atomic mass is 16.2. The predicted octanol–water partition coefficient (Wildman–Crippen LogP) is 4.52. The van der Waals surface area contributed by atoms with E-state index in [0.717, 1.165) is 78.8 Å². The van der Waals surface area contributed by atoms with E-state index in [1.54, 1.807) is 0 Å². The molecule has 38 heavy (non-hydrogen) atoms. The summed E-state index contributed by atoms with van der Waals surface area (Å²) in [7, 11) is 1.92. The molecule has 0 bridgehead atoms. The Balaban J connectivity index is 1.11. The van der Waals surface area contributed by atoms with Gasteiger partial charge in [-0.2, -0.15) is 5.10 Å². The number of benzene rings is 2. The zero-order valence-electron chi connectivity index (χ0n) is 22.0. The first kappa shape index (κ1) is 23.4. The van der Waals surface area contributed by atoms with Crippen LogP contribution in [0.5, 0.6) is 0 Å². The van der Waals surface area contributed by atoms with E-state index < -0.39 is 5.54 Å². The Morgan fingerprint density at radius 2 is 1.53 bits per heavy atom. The number of aryl methyl sites for hydroxylation is 1. The summed E-state index contributed by atoms with van der Waals surface area (Å²) >= 11 is 0. The molecule has 3 fully saturated rings. The second-order valence-electron chi connectivity index (χ2n) is 11.5. The van der Waals surface area contributed by atoms with Gasteiger partial charge in [0, 0.05) is 49.4 Å². The van der Waals surface area contributed by atoms with Gasteiger partial charge in [0.15, 0.2) is 0 Å². The lowest BCUT2D eigenvalue weighted by Gasteiger charge is -2.31. The van der Waals surface area contributed by atoms with Crippen LogP contribution in [0.2, 0.25) is 0 Å². The maximum absolute atomic E-state index is 13.6. The first-order chi connectivity index (χ1) is 18.4. The molecule has 194 valence electrons. The van der Waals surface area contributed by atoms with Crippen molar-refractivity contribution in [2.75, 3.05) is 13.1 Å². The molecule has 3 aromatic rings. The maximum Gasteiger partial charge on any atom is 0.256 e. The number of hydrogen-bond donors (Lipinski definition) is 0. The van der Waals surface area contributed by atoms with E-state index >= 15 is 0 Å². The van der Waals surface area contributed by atoms with E-state index in [1.165, 1.54) is 0 Å². The summed E-state index contributed by atoms with van der Waals surface area (Å²) in [6, 6.07) is 17.0. The topological polar surface area (TPSA) is 70.8 Å². The van der Waals surface area contributed by atoms with Gasteiger partial charge in [0.25, 0.3) is 5.91 Å². The summed E-state index contributed by atoms with van der Waals surface area (Å²) in [5, 5.41) is 4.27. The second-order valence-corrected chi connectivity index (χ2v) is 11.5. The van der Waals surface area contributed by atoms with E-state index in [-0.39, 0.29) is 23.8 Å². The maximum atomic E-state index is 13.6. The van der Waals surface area contributed by atoms with Crippen LogP contribution in [0.1, 0.15) is 44.6 Å². The smallest absolute Gasteiger partial charge is 0.256 e. The number of carbonyl (C=O) groups excluding carboxylic acids is 2. The molecule has 0 N–H and O–H groups in total. The van der Waals surface area contributed by atoms with Gasteiger partial charge in [0.1, 0.15) is 11.4 Å². The molecule has 0 radical (unpaired) electrons. The average Bonchev–Trinajstić information content (AvgIpc) is 3.81. The minimum atomic E-state index is -0.549. The molecule has 2 aliphatic heterocycles. The summed E-state index contributed by atoms with van der Waals surface area (Å²) in [6.07, 6.45) is 8.56. The van der Waals surface area contributed by atoms with E-state index in [9.17, 15) is 9.59 Å². The molecule has 2 atom stereocenters. The van der Waals surface area contributed by atoms with Gasteiger partial charge in [-0.3, -0.25) is 24.2 Å². The number of aliphatic imine (C=N–C) groups is 1. The van der Waals surface area contributed by atoms with Crippen LogP contribution < -0.4 is 0 Å². The highest BCUT2D eigenvalue weighted by molar-refractivity contribution is 6.16. The summed E-state index contributed by atoms with van der Waals surface area (Å²) in [6.45, 7) is 3.69. The van der Waals surface area contributed by atoms with Crippen molar-refractivity contribution >= 4 is 17.6 Å². The van der Waals surface area contributed by atoms with Crippen LogP contribution in [0.4, 0.5) is 0 Å². The number of amidine groups is 1. The van der Waals surface area contributed by atoms with Gasteiger partial charge in [0.05, 0.1) is 6.20 Å². The number of likely N-dealkylation sites (tertiary alicyclic amines) is 1. The van der Waals surface area contributed by atoms with Crippen molar-refractivity contribution in [2.45, 2.75) is 50.6 Å². The fraction of sp³-hybridized carbons (Fsp3) is 0.419. The van der Waals surface area contributed by atoms with E-state index in [2.05, 4.69) is 60.6 Å². The molecule has 7 rings (SSSR count). The lowest BCUT2D eigenvalue weighted by molar-refractivity contribution is -0.131. The summed E-state index contributed by atoms with van der Waals surface area (Å²) in [5.74, 6) is 1.77. The van der Waals surface area contributed by atoms with Gasteiger partial charge in [-0.15, -0.1) is 0 Å². The Hall–Kier alpha value is -3.74. The molecule has 2 aliphatic carbocycles. The molecule has 4 aliphatic rings. The first-order valence-corrected chi connectivity index (χ1v) is 13.8. The van der Waals surface area contributed by atoms with Crippen LogP contribution in [0, 0.1) is 11.8 Å². The van der Waals surface area contributed by atoms with Crippen molar-refractivity contribution in [3.63, 3.8) is 0 Å². The average molecular weight is 508 g/mol. The number of amides is 2. The number of hydrogen-bond acceptors (Lipinski definition) is 4. The molecule has 2 saturated carbocycles. The Morgan fingerprint density at radius 3 is 2.08 bits per heavy atom. The Bertz CT molecular complexity index is 1430. The molecule has 2 unspecified atom stereocenters. The number of carbonyl (C=O) groups is 2. The predicted molar refractivity (Wildman–Crippen MR) is 146 cm³/mol. The normalized spacial score (nSPS) is 22.7. The number of rotatable bonds is 6. The van der Waals surface area contributed by atoms with Gasteiger partial charge in [-0.1, -0.05) is 48.5 Å². The number of aromatic nitrogens is 2. The van der Waals surface area contributed by atoms with Gasteiger partial charge in [-0.05, 0) is 61.6 Å². The van der Waals surface area contributed by atoms with Gasteiger partial charge in [0.2, 0.25) is 5.91 Å². The van der Waals surface area contributed by atoms with Crippen molar-refractivity contribution in [2.24, 2.45) is 23.9 Å². The molecule has 7 nitrogen and oxygen atoms in total. The van der Waals surface area contributed by atoms with Crippen LogP contribution in [0.25, 0.3) is 22.3 Å². The lowest BCUT2D eigenvalue weighted by Crippen LogP contribution is -2.47. The van der Waals surface area contributed by atoms with Crippen molar-refractivity contribution < 1.29 is 9.59 Å². The Morgan fingerprint density at radius 1 is 0.921 bits per heavy atom. The number of nitrogens with zero attached hydrogens (tertiary/aromatic N) is 5. The third-order valence-electron chi connectivity index (χ3n) is 8.84.